The smallest absolute Gasteiger partial charge is 0.334 e. The molecule has 0 aliphatic rings. The van der Waals surface area contributed by atoms with Crippen LogP contribution >= 0.6 is 0 Å². The summed E-state index contributed by atoms with van der Waals surface area (Å²) in [5, 5.41) is 0. The molecule has 13 heavy (non-hydrogen) atoms. The Morgan fingerprint density at radius 3 is 2.38 bits per heavy atom. The molecule has 0 rings (SSSR count). The maximum absolute atomic E-state index is 10.9. The highest BCUT2D eigenvalue weighted by Crippen LogP contribution is 2.15. The fraction of sp³-hybridized carbons (Fsp3) is 0.667. The molecule has 0 radical (unpaired) electrons. The van der Waals surface area contributed by atoms with Crippen molar-refractivity contribution in [3.63, 3.8) is 0 Å². The Morgan fingerprint density at radius 2 is 2.00 bits per heavy atom. The number of carbonyl (C=O) groups excluding carboxylic acids is 1. The zero-order valence-corrected chi connectivity index (χ0v) is 9.63. The molecule has 76 valence electrons. The van der Waals surface area contributed by atoms with E-state index in [9.17, 15) is 4.79 Å². The van der Waals surface area contributed by atoms with E-state index >= 15 is 0 Å². The normalized spacial score (nSPS) is 11.3. The molecular formula is C9H18O3Si. The molecule has 0 saturated carbocycles. The van der Waals surface area contributed by atoms with E-state index in [0.29, 0.717) is 6.42 Å². The van der Waals surface area contributed by atoms with E-state index in [1.807, 2.05) is 6.55 Å². The number of hydrogen-bond acceptors (Lipinski definition) is 3. The van der Waals surface area contributed by atoms with E-state index < -0.39 is 8.56 Å². The fourth-order valence-corrected chi connectivity index (χ4v) is 2.37. The SMILES string of the molecule is C=CC(=O)CCC[Si](C)(OC)OC. The Labute approximate surface area is 81.0 Å². The Bertz CT molecular complexity index is 176. The second kappa shape index (κ2) is 6.07. The lowest BCUT2D eigenvalue weighted by Crippen LogP contribution is -2.35. The topological polar surface area (TPSA) is 35.5 Å². The van der Waals surface area contributed by atoms with Crippen molar-refractivity contribution in [3.8, 4) is 0 Å². The summed E-state index contributed by atoms with van der Waals surface area (Å²) < 4.78 is 10.6. The summed E-state index contributed by atoms with van der Waals surface area (Å²) in [6.07, 6.45) is 2.71. The zero-order chi connectivity index (χ0) is 10.3. The maximum atomic E-state index is 10.9. The molecule has 0 amide bonds. The van der Waals surface area contributed by atoms with Crippen molar-refractivity contribution >= 4 is 14.3 Å². The first-order valence-corrected chi connectivity index (χ1v) is 6.86. The summed E-state index contributed by atoms with van der Waals surface area (Å²) in [7, 11) is 1.35. The van der Waals surface area contributed by atoms with Crippen molar-refractivity contribution in [2.75, 3.05) is 14.2 Å². The van der Waals surface area contributed by atoms with Crippen LogP contribution in [0.15, 0.2) is 12.7 Å². The average Bonchev–Trinajstić information content (AvgIpc) is 2.17. The van der Waals surface area contributed by atoms with Gasteiger partial charge in [-0.05, 0) is 25.1 Å². The fourth-order valence-electron chi connectivity index (χ4n) is 0.973. The minimum atomic E-state index is -1.96. The van der Waals surface area contributed by atoms with Crippen molar-refractivity contribution in [2.24, 2.45) is 0 Å². The second-order valence-electron chi connectivity index (χ2n) is 3.07. The van der Waals surface area contributed by atoms with Crippen molar-refractivity contribution in [3.05, 3.63) is 12.7 Å². The first kappa shape index (κ1) is 12.5. The Kier molecular flexibility index (Phi) is 5.86. The standard InChI is InChI=1S/C9H18O3Si/c1-5-9(10)7-6-8-13(4,11-2)12-3/h5H,1,6-8H2,2-4H3. The van der Waals surface area contributed by atoms with E-state index in [1.165, 1.54) is 6.08 Å². The summed E-state index contributed by atoms with van der Waals surface area (Å²) in [5.41, 5.74) is 0. The van der Waals surface area contributed by atoms with Crippen LogP contribution in [-0.2, 0) is 13.6 Å². The van der Waals surface area contributed by atoms with Crippen molar-refractivity contribution in [1.82, 2.24) is 0 Å². The minimum absolute atomic E-state index is 0.0866. The first-order valence-electron chi connectivity index (χ1n) is 4.33. The van der Waals surface area contributed by atoms with Gasteiger partial charge in [-0.2, -0.15) is 0 Å². The van der Waals surface area contributed by atoms with Crippen LogP contribution in [0.1, 0.15) is 12.8 Å². The largest absolute Gasteiger partial charge is 0.398 e. The van der Waals surface area contributed by atoms with E-state index in [-0.39, 0.29) is 5.78 Å². The van der Waals surface area contributed by atoms with Gasteiger partial charge in [-0.15, -0.1) is 0 Å². The lowest BCUT2D eigenvalue weighted by molar-refractivity contribution is -0.114. The molecule has 0 aliphatic heterocycles. The van der Waals surface area contributed by atoms with Gasteiger partial charge in [0.05, 0.1) is 0 Å². The van der Waals surface area contributed by atoms with Crippen LogP contribution < -0.4 is 0 Å². The highest BCUT2D eigenvalue weighted by molar-refractivity contribution is 6.65. The Morgan fingerprint density at radius 1 is 1.46 bits per heavy atom. The van der Waals surface area contributed by atoms with Gasteiger partial charge >= 0.3 is 8.56 Å². The predicted molar refractivity (Wildman–Crippen MR) is 54.9 cm³/mol. The quantitative estimate of drug-likeness (QED) is 0.467. The minimum Gasteiger partial charge on any atom is -0.398 e. The van der Waals surface area contributed by atoms with Crippen LogP contribution in [0.25, 0.3) is 0 Å². The van der Waals surface area contributed by atoms with Crippen molar-refractivity contribution in [2.45, 2.75) is 25.4 Å². The van der Waals surface area contributed by atoms with Gasteiger partial charge in [0.15, 0.2) is 5.78 Å². The molecule has 0 aromatic rings. The Hall–Kier alpha value is -0.453. The van der Waals surface area contributed by atoms with Crippen molar-refractivity contribution in [1.29, 1.82) is 0 Å². The predicted octanol–water partition coefficient (Wildman–Crippen LogP) is 1.89. The van der Waals surface area contributed by atoms with Crippen LogP contribution in [-0.4, -0.2) is 28.6 Å². The molecule has 0 fully saturated rings. The number of carbonyl (C=O) groups is 1. The van der Waals surface area contributed by atoms with Gasteiger partial charge in [-0.1, -0.05) is 6.58 Å². The second-order valence-corrected chi connectivity index (χ2v) is 6.65. The molecule has 0 atom stereocenters. The third kappa shape index (κ3) is 4.97. The lowest BCUT2D eigenvalue weighted by atomic mass is 10.2. The maximum Gasteiger partial charge on any atom is 0.334 e. The van der Waals surface area contributed by atoms with Crippen LogP contribution in [0.5, 0.6) is 0 Å². The number of rotatable bonds is 7. The number of hydrogen-bond donors (Lipinski definition) is 0. The molecule has 0 aliphatic carbocycles. The summed E-state index contributed by atoms with van der Waals surface area (Å²) in [4.78, 5) is 10.9. The van der Waals surface area contributed by atoms with Crippen LogP contribution in [0, 0.1) is 0 Å². The van der Waals surface area contributed by atoms with Gasteiger partial charge in [-0.3, -0.25) is 4.79 Å². The molecule has 0 bridgehead atoms. The van der Waals surface area contributed by atoms with E-state index in [4.69, 9.17) is 8.85 Å². The van der Waals surface area contributed by atoms with Crippen LogP contribution in [0.4, 0.5) is 0 Å². The van der Waals surface area contributed by atoms with E-state index in [1.54, 1.807) is 14.2 Å². The number of ketones is 1. The highest BCUT2D eigenvalue weighted by atomic mass is 28.4. The molecule has 0 saturated heterocycles. The molecule has 3 nitrogen and oxygen atoms in total. The number of allylic oxidation sites excluding steroid dienone is 1. The molecule has 0 heterocycles. The van der Waals surface area contributed by atoms with Crippen LogP contribution in [0.2, 0.25) is 12.6 Å². The molecule has 0 unspecified atom stereocenters. The van der Waals surface area contributed by atoms with Gasteiger partial charge < -0.3 is 8.85 Å². The van der Waals surface area contributed by atoms with Gasteiger partial charge in [-0.25, -0.2) is 0 Å². The lowest BCUT2D eigenvalue weighted by Gasteiger charge is -2.22. The molecular weight excluding hydrogens is 184 g/mol. The zero-order valence-electron chi connectivity index (χ0n) is 8.63. The molecule has 0 N–H and O–H groups in total. The van der Waals surface area contributed by atoms with Gasteiger partial charge in [0, 0.05) is 20.6 Å². The summed E-state index contributed by atoms with van der Waals surface area (Å²) in [5.74, 6) is 0.0866. The van der Waals surface area contributed by atoms with Gasteiger partial charge in [0.1, 0.15) is 0 Å². The van der Waals surface area contributed by atoms with Crippen LogP contribution in [0.3, 0.4) is 0 Å². The summed E-state index contributed by atoms with van der Waals surface area (Å²) in [6.45, 7) is 5.41. The molecule has 4 heteroatoms. The third-order valence-electron chi connectivity index (χ3n) is 2.15. The molecule has 0 aromatic heterocycles. The third-order valence-corrected chi connectivity index (χ3v) is 5.13. The summed E-state index contributed by atoms with van der Waals surface area (Å²) >= 11 is 0. The Balaban J connectivity index is 3.73. The van der Waals surface area contributed by atoms with E-state index in [2.05, 4.69) is 6.58 Å². The van der Waals surface area contributed by atoms with E-state index in [0.717, 1.165) is 12.5 Å². The monoisotopic (exact) mass is 202 g/mol. The summed E-state index contributed by atoms with van der Waals surface area (Å²) in [6, 6.07) is 0.847. The highest BCUT2D eigenvalue weighted by Gasteiger charge is 2.27. The first-order chi connectivity index (χ1) is 6.08. The van der Waals surface area contributed by atoms with Gasteiger partial charge in [0.25, 0.3) is 0 Å². The van der Waals surface area contributed by atoms with Crippen molar-refractivity contribution < 1.29 is 13.6 Å². The molecule has 0 spiro atoms. The average molecular weight is 202 g/mol. The van der Waals surface area contributed by atoms with Gasteiger partial charge in [0.2, 0.25) is 0 Å². The molecule has 0 aromatic carbocycles.